The van der Waals surface area contributed by atoms with Gasteiger partial charge >= 0.3 is 5.97 Å². The first-order valence-corrected chi connectivity index (χ1v) is 12.9. The highest BCUT2D eigenvalue weighted by molar-refractivity contribution is 5.91. The summed E-state index contributed by atoms with van der Waals surface area (Å²) in [6.07, 6.45) is 14.0. The minimum Gasteiger partial charge on any atom is -0.423 e. The minimum atomic E-state index is -0.388. The summed E-state index contributed by atoms with van der Waals surface area (Å²) < 4.78 is 5.59. The van der Waals surface area contributed by atoms with Crippen LogP contribution in [0.25, 0.3) is 16.7 Å². The molecule has 1 aliphatic carbocycles. The van der Waals surface area contributed by atoms with E-state index in [9.17, 15) is 10.1 Å². The minimum absolute atomic E-state index is 0.378. The fraction of sp³-hybridized carbons (Fsp3) is 0.273. The van der Waals surface area contributed by atoms with Gasteiger partial charge in [-0.25, -0.2) is 4.79 Å². The van der Waals surface area contributed by atoms with Gasteiger partial charge in [0, 0.05) is 0 Å². The van der Waals surface area contributed by atoms with Crippen LogP contribution >= 0.6 is 0 Å². The van der Waals surface area contributed by atoms with E-state index < -0.39 is 0 Å². The molecule has 0 aromatic heterocycles. The lowest BCUT2D eigenvalue weighted by molar-refractivity contribution is 0.0735. The van der Waals surface area contributed by atoms with E-state index in [1.54, 1.807) is 12.1 Å². The van der Waals surface area contributed by atoms with E-state index in [-0.39, 0.29) is 11.4 Å². The van der Waals surface area contributed by atoms with Crippen molar-refractivity contribution in [2.75, 3.05) is 0 Å². The molecule has 3 aromatic rings. The maximum absolute atomic E-state index is 12.6. The molecule has 0 fully saturated rings. The molecule has 0 bridgehead atoms. The Morgan fingerprint density at radius 1 is 0.861 bits per heavy atom. The molecule has 0 heterocycles. The number of unbranched alkanes of at least 4 members (excludes halogenated alkanes) is 4. The highest BCUT2D eigenvalue weighted by Gasteiger charge is 2.27. The van der Waals surface area contributed by atoms with E-state index in [1.165, 1.54) is 25.7 Å². The quantitative estimate of drug-likeness (QED) is 0.167. The molecule has 1 unspecified atom stereocenters. The summed E-state index contributed by atoms with van der Waals surface area (Å²) >= 11 is 0. The third-order valence-corrected chi connectivity index (χ3v) is 6.84. The van der Waals surface area contributed by atoms with Gasteiger partial charge < -0.3 is 4.74 Å². The van der Waals surface area contributed by atoms with Gasteiger partial charge in [-0.2, -0.15) is 5.26 Å². The number of hydrogen-bond acceptors (Lipinski definition) is 3. The number of rotatable bonds is 10. The summed E-state index contributed by atoms with van der Waals surface area (Å²) in [5, 5.41) is 9.81. The Kier molecular flexibility index (Phi) is 8.53. The topological polar surface area (TPSA) is 50.1 Å². The van der Waals surface area contributed by atoms with E-state index in [0.29, 0.717) is 11.3 Å². The van der Waals surface area contributed by atoms with Crippen LogP contribution in [0.4, 0.5) is 0 Å². The van der Waals surface area contributed by atoms with Crippen LogP contribution in [-0.4, -0.2) is 5.97 Å². The molecule has 0 saturated carbocycles. The second kappa shape index (κ2) is 12.2. The van der Waals surface area contributed by atoms with Gasteiger partial charge in [0.25, 0.3) is 0 Å². The molecule has 0 radical (unpaired) electrons. The van der Waals surface area contributed by atoms with Crippen LogP contribution < -0.4 is 4.74 Å². The molecule has 3 nitrogen and oxygen atoms in total. The molecular formula is C33H33NO2. The van der Waals surface area contributed by atoms with E-state index in [1.807, 2.05) is 66.7 Å². The molecule has 0 aliphatic heterocycles. The average Bonchev–Trinajstić information content (AvgIpc) is 2.94. The number of nitriles is 1. The van der Waals surface area contributed by atoms with Gasteiger partial charge in [0.15, 0.2) is 0 Å². The second-order valence-electron chi connectivity index (χ2n) is 9.49. The molecule has 3 heteroatoms. The number of benzene rings is 3. The molecule has 4 rings (SSSR count). The van der Waals surface area contributed by atoms with Crippen molar-refractivity contribution in [3.63, 3.8) is 0 Å². The number of carbonyl (C=O) groups is 1. The Balaban J connectivity index is 1.33. The predicted octanol–water partition coefficient (Wildman–Crippen LogP) is 8.79. The van der Waals surface area contributed by atoms with Gasteiger partial charge in [0.2, 0.25) is 0 Å². The summed E-state index contributed by atoms with van der Waals surface area (Å²) in [6.45, 7) is 2.22. The van der Waals surface area contributed by atoms with Crippen LogP contribution in [-0.2, 0) is 0 Å². The largest absolute Gasteiger partial charge is 0.423 e. The molecule has 0 amide bonds. The molecule has 36 heavy (non-hydrogen) atoms. The molecule has 0 saturated heterocycles. The first-order valence-electron chi connectivity index (χ1n) is 12.9. The molecular weight excluding hydrogens is 442 g/mol. The summed E-state index contributed by atoms with van der Waals surface area (Å²) in [7, 11) is 0. The number of allylic oxidation sites excluding steroid dienone is 4. The highest BCUT2D eigenvalue weighted by atomic mass is 16.5. The number of esters is 1. The molecule has 1 atom stereocenters. The monoisotopic (exact) mass is 475 g/mol. The average molecular weight is 476 g/mol. The maximum atomic E-state index is 12.6. The Labute approximate surface area is 214 Å². The third kappa shape index (κ3) is 6.40. The van der Waals surface area contributed by atoms with Crippen LogP contribution in [0.3, 0.4) is 0 Å². The smallest absolute Gasteiger partial charge is 0.343 e. The normalized spacial score (nSPS) is 16.7. The van der Waals surface area contributed by atoms with Crippen molar-refractivity contribution in [1.82, 2.24) is 0 Å². The van der Waals surface area contributed by atoms with E-state index in [2.05, 4.69) is 31.2 Å². The van der Waals surface area contributed by atoms with Crippen molar-refractivity contribution in [3.8, 4) is 22.9 Å². The van der Waals surface area contributed by atoms with E-state index >= 15 is 0 Å². The van der Waals surface area contributed by atoms with Crippen LogP contribution in [0.5, 0.6) is 5.75 Å². The van der Waals surface area contributed by atoms with Crippen molar-refractivity contribution in [1.29, 1.82) is 5.26 Å². The maximum Gasteiger partial charge on any atom is 0.343 e. The van der Waals surface area contributed by atoms with Crippen molar-refractivity contribution in [2.45, 2.75) is 51.9 Å². The summed E-state index contributed by atoms with van der Waals surface area (Å²) in [5.74, 6) is 0.131. The van der Waals surface area contributed by atoms with Crippen molar-refractivity contribution >= 4 is 11.5 Å². The van der Waals surface area contributed by atoms with Crippen molar-refractivity contribution in [3.05, 3.63) is 108 Å². The molecule has 1 aliphatic rings. The number of nitrogens with zero attached hydrogens (tertiary/aromatic N) is 1. The molecule has 182 valence electrons. The lowest BCUT2D eigenvalue weighted by Gasteiger charge is -2.25. The Hall–Kier alpha value is -3.90. The Bertz CT molecular complexity index is 1250. The summed E-state index contributed by atoms with van der Waals surface area (Å²) in [4.78, 5) is 12.6. The van der Waals surface area contributed by atoms with Crippen LogP contribution in [0.1, 0.15) is 67.8 Å². The lowest BCUT2D eigenvalue weighted by atomic mass is 9.76. The zero-order valence-corrected chi connectivity index (χ0v) is 21.0. The molecule has 3 aromatic carbocycles. The number of ether oxygens (including phenoxy) is 1. The van der Waals surface area contributed by atoms with Gasteiger partial charge in [-0.3, -0.25) is 0 Å². The van der Waals surface area contributed by atoms with E-state index in [4.69, 9.17) is 4.74 Å². The molecule has 0 spiro atoms. The third-order valence-electron chi connectivity index (χ3n) is 6.84. The predicted molar refractivity (Wildman–Crippen MR) is 146 cm³/mol. The lowest BCUT2D eigenvalue weighted by Crippen LogP contribution is -2.17. The second-order valence-corrected chi connectivity index (χ2v) is 9.49. The van der Waals surface area contributed by atoms with Crippen LogP contribution in [0.2, 0.25) is 0 Å². The van der Waals surface area contributed by atoms with Gasteiger partial charge in [-0.05, 0) is 59.4 Å². The summed E-state index contributed by atoms with van der Waals surface area (Å²) in [5.41, 5.74) is 4.44. The van der Waals surface area contributed by atoms with Gasteiger partial charge in [0.05, 0.1) is 17.0 Å². The first kappa shape index (κ1) is 25.2. The summed E-state index contributed by atoms with van der Waals surface area (Å²) in [6, 6.07) is 27.6. The first-order chi connectivity index (χ1) is 17.6. The fourth-order valence-corrected chi connectivity index (χ4v) is 4.57. The van der Waals surface area contributed by atoms with Crippen LogP contribution in [0.15, 0.2) is 97.1 Å². The van der Waals surface area contributed by atoms with Gasteiger partial charge in [-0.1, -0.05) is 112 Å². The number of carbonyl (C=O) groups excluding carboxylic acids is 1. The zero-order valence-electron chi connectivity index (χ0n) is 21.0. The van der Waals surface area contributed by atoms with E-state index in [0.717, 1.165) is 41.5 Å². The Morgan fingerprint density at radius 3 is 2.17 bits per heavy atom. The standard InChI is InChI=1S/C33H33NO2/c1-2-3-4-5-9-22-33(25-34)23-20-29(21-24-33)28-16-18-31(19-17-28)36-32(35)30-14-12-27(13-15-30)26-10-7-6-8-11-26/h6-8,10-21,23H,2-5,9,22,24H2,1H3. The number of hydrogen-bond donors (Lipinski definition) is 0. The van der Waals surface area contributed by atoms with Crippen molar-refractivity contribution < 1.29 is 9.53 Å². The highest BCUT2D eigenvalue weighted by Crippen LogP contribution is 2.37. The molecule has 0 N–H and O–H groups in total. The van der Waals surface area contributed by atoms with Crippen molar-refractivity contribution in [2.24, 2.45) is 5.41 Å². The SMILES string of the molecule is CCCCCCCC1(C#N)C=CC(c2ccc(OC(=O)c3ccc(-c4ccccc4)cc3)cc2)=CC1. The fourth-order valence-electron chi connectivity index (χ4n) is 4.57. The van der Waals surface area contributed by atoms with Gasteiger partial charge in [0.1, 0.15) is 5.75 Å². The zero-order chi connectivity index (χ0) is 25.2. The Morgan fingerprint density at radius 2 is 1.53 bits per heavy atom. The van der Waals surface area contributed by atoms with Crippen LogP contribution in [0, 0.1) is 16.7 Å². The van der Waals surface area contributed by atoms with Gasteiger partial charge in [-0.15, -0.1) is 0 Å².